The summed E-state index contributed by atoms with van der Waals surface area (Å²) in [7, 11) is -2.12. The summed E-state index contributed by atoms with van der Waals surface area (Å²) < 4.78 is 28.5. The van der Waals surface area contributed by atoms with E-state index in [-0.39, 0.29) is 10.9 Å². The van der Waals surface area contributed by atoms with Crippen molar-refractivity contribution in [3.05, 3.63) is 35.4 Å². The molecule has 2 rings (SSSR count). The average Bonchev–Trinajstić information content (AvgIpc) is 2.54. The molecular weight excluding hydrogens is 350 g/mol. The Kier molecular flexibility index (Phi) is 5.67. The topological polar surface area (TPSA) is 40.5 Å². The highest BCUT2D eigenvalue weighted by atomic mass is 28.3. The van der Waals surface area contributed by atoms with E-state index in [1.165, 1.54) is 18.2 Å². The van der Waals surface area contributed by atoms with E-state index in [1.807, 2.05) is 0 Å². The van der Waals surface area contributed by atoms with E-state index in [2.05, 4.69) is 53.0 Å². The lowest BCUT2D eigenvalue weighted by Crippen LogP contribution is -2.43. The molecule has 5 heteroatoms. The number of hydrogen-bond acceptors (Lipinski definition) is 2. The number of phenolic OH excluding ortho intramolecular Hbond substituents is 2. The van der Waals surface area contributed by atoms with E-state index >= 15 is 0 Å². The van der Waals surface area contributed by atoms with E-state index in [1.54, 1.807) is 0 Å². The predicted octanol–water partition coefficient (Wildman–Crippen LogP) is 6.10. The summed E-state index contributed by atoms with van der Waals surface area (Å²) in [5, 5.41) is 20.1. The zero-order chi connectivity index (χ0) is 19.8. The van der Waals surface area contributed by atoms with Crippen LogP contribution >= 0.6 is 0 Å². The molecule has 0 aliphatic rings. The van der Waals surface area contributed by atoms with Crippen molar-refractivity contribution >= 4 is 18.8 Å². The lowest BCUT2D eigenvalue weighted by atomic mass is 10.0. The monoisotopic (exact) mass is 376 g/mol. The second kappa shape index (κ2) is 7.28. The van der Waals surface area contributed by atoms with Gasteiger partial charge >= 0.3 is 0 Å². The van der Waals surface area contributed by atoms with E-state index in [9.17, 15) is 19.0 Å². The van der Waals surface area contributed by atoms with Gasteiger partial charge in [-0.3, -0.25) is 0 Å². The third-order valence-electron chi connectivity index (χ3n) is 5.42. The first-order valence-corrected chi connectivity index (χ1v) is 11.1. The van der Waals surface area contributed by atoms with Gasteiger partial charge in [0.15, 0.2) is 11.5 Å². The van der Waals surface area contributed by atoms with Crippen LogP contribution in [0.3, 0.4) is 0 Å². The SMILES string of the molecule is CC(C)[Si](C#Cc1c(F)ccc2cc(O)c(F)c(O)c12)(C(C)C)C(C)C. The lowest BCUT2D eigenvalue weighted by molar-refractivity contribution is 0.393. The fraction of sp³-hybridized carbons (Fsp3) is 0.429. The maximum absolute atomic E-state index is 14.5. The van der Waals surface area contributed by atoms with Crippen LogP contribution in [0.4, 0.5) is 8.78 Å². The molecule has 26 heavy (non-hydrogen) atoms. The van der Waals surface area contributed by atoms with Crippen molar-refractivity contribution in [3.63, 3.8) is 0 Å². The van der Waals surface area contributed by atoms with E-state index in [0.717, 1.165) is 0 Å². The van der Waals surface area contributed by atoms with Gasteiger partial charge in [-0.15, -0.1) is 5.54 Å². The molecule has 0 aromatic heterocycles. The van der Waals surface area contributed by atoms with Gasteiger partial charge < -0.3 is 10.2 Å². The van der Waals surface area contributed by atoms with Crippen LogP contribution in [-0.2, 0) is 0 Å². The minimum absolute atomic E-state index is 0.00645. The zero-order valence-corrected chi connectivity index (χ0v) is 17.1. The third-order valence-corrected chi connectivity index (χ3v) is 11.7. The molecule has 140 valence electrons. The molecule has 2 nitrogen and oxygen atoms in total. The van der Waals surface area contributed by atoms with Crippen LogP contribution in [0.15, 0.2) is 18.2 Å². The van der Waals surface area contributed by atoms with Gasteiger partial charge in [0.2, 0.25) is 5.82 Å². The maximum atomic E-state index is 14.5. The number of hydrogen-bond donors (Lipinski definition) is 2. The van der Waals surface area contributed by atoms with Crippen molar-refractivity contribution in [1.82, 2.24) is 0 Å². The summed E-state index contributed by atoms with van der Waals surface area (Å²) in [4.78, 5) is 0. The largest absolute Gasteiger partial charge is 0.505 e. The first-order valence-electron chi connectivity index (χ1n) is 8.89. The van der Waals surface area contributed by atoms with Crippen molar-refractivity contribution in [2.24, 2.45) is 0 Å². The van der Waals surface area contributed by atoms with Crippen molar-refractivity contribution in [3.8, 4) is 23.0 Å². The number of rotatable bonds is 3. The molecule has 0 unspecified atom stereocenters. The molecule has 2 N–H and O–H groups in total. The molecule has 2 aromatic rings. The van der Waals surface area contributed by atoms with Gasteiger partial charge in [0.1, 0.15) is 13.9 Å². The normalized spacial score (nSPS) is 12.1. The van der Waals surface area contributed by atoms with Gasteiger partial charge in [-0.2, -0.15) is 4.39 Å². The Morgan fingerprint density at radius 1 is 0.923 bits per heavy atom. The van der Waals surface area contributed by atoms with Crippen LogP contribution in [0, 0.1) is 23.1 Å². The minimum atomic E-state index is -2.12. The average molecular weight is 377 g/mol. The Bertz CT molecular complexity index is 871. The second-order valence-corrected chi connectivity index (χ2v) is 13.3. The second-order valence-electron chi connectivity index (χ2n) is 7.73. The molecule has 0 atom stereocenters. The molecule has 0 spiro atoms. The Morgan fingerprint density at radius 3 is 1.96 bits per heavy atom. The van der Waals surface area contributed by atoms with Crippen LogP contribution in [0.25, 0.3) is 10.8 Å². The van der Waals surface area contributed by atoms with Crippen LogP contribution < -0.4 is 0 Å². The summed E-state index contributed by atoms with van der Waals surface area (Å²) in [5.74, 6) is -0.250. The van der Waals surface area contributed by atoms with Crippen molar-refractivity contribution in [1.29, 1.82) is 0 Å². The van der Waals surface area contributed by atoms with Crippen LogP contribution in [0.2, 0.25) is 16.6 Å². The fourth-order valence-corrected chi connectivity index (χ4v) is 9.34. The number of halogens is 2. The Hall–Kier alpha value is -2.06. The fourth-order valence-electron chi connectivity index (χ4n) is 4.14. The Balaban J connectivity index is 2.83. The maximum Gasteiger partial charge on any atom is 0.207 e. The van der Waals surface area contributed by atoms with E-state index in [4.69, 9.17) is 0 Å². The molecule has 0 aliphatic carbocycles. The molecule has 0 amide bonds. The van der Waals surface area contributed by atoms with Crippen LogP contribution in [0.5, 0.6) is 11.5 Å². The van der Waals surface area contributed by atoms with Crippen LogP contribution in [0.1, 0.15) is 47.1 Å². The van der Waals surface area contributed by atoms with Gasteiger partial charge in [0.25, 0.3) is 0 Å². The molecule has 0 radical (unpaired) electrons. The first-order chi connectivity index (χ1) is 12.0. The zero-order valence-electron chi connectivity index (χ0n) is 16.1. The Morgan fingerprint density at radius 2 is 1.46 bits per heavy atom. The summed E-state index contributed by atoms with van der Waals surface area (Å²) in [6.45, 7) is 12.9. The van der Waals surface area contributed by atoms with Crippen LogP contribution in [-0.4, -0.2) is 18.3 Å². The molecule has 2 aromatic carbocycles. The lowest BCUT2D eigenvalue weighted by Gasteiger charge is -2.38. The molecular formula is C21H26F2O2Si. The smallest absolute Gasteiger partial charge is 0.207 e. The molecule has 0 saturated heterocycles. The highest BCUT2D eigenvalue weighted by molar-refractivity contribution is 6.90. The van der Waals surface area contributed by atoms with Crippen molar-refractivity contribution in [2.45, 2.75) is 58.2 Å². The van der Waals surface area contributed by atoms with Gasteiger partial charge in [-0.1, -0.05) is 53.5 Å². The molecule has 0 bridgehead atoms. The summed E-state index contributed by atoms with van der Waals surface area (Å²) >= 11 is 0. The molecule has 0 heterocycles. The highest BCUT2D eigenvalue weighted by Crippen LogP contribution is 2.41. The predicted molar refractivity (Wildman–Crippen MR) is 105 cm³/mol. The number of phenols is 2. The number of aromatic hydroxyl groups is 2. The number of fused-ring (bicyclic) bond motifs is 1. The third kappa shape index (κ3) is 3.19. The quantitative estimate of drug-likeness (QED) is 0.502. The minimum Gasteiger partial charge on any atom is -0.505 e. The molecule has 0 saturated carbocycles. The Labute approximate surface area is 154 Å². The van der Waals surface area contributed by atoms with Gasteiger partial charge in [-0.05, 0) is 34.1 Å². The first kappa shape index (κ1) is 20.3. The van der Waals surface area contributed by atoms with Gasteiger partial charge in [0, 0.05) is 5.39 Å². The van der Waals surface area contributed by atoms with E-state index < -0.39 is 31.2 Å². The van der Waals surface area contributed by atoms with Gasteiger partial charge in [0.05, 0.1) is 5.56 Å². The standard InChI is InChI=1S/C21H26F2O2Si/c1-12(2)26(13(3)4,14(5)6)10-9-16-17(22)8-7-15-11-18(24)20(23)21(25)19(15)16/h7-8,11-14,24-25H,1-6H3. The van der Waals surface area contributed by atoms with Crippen molar-refractivity contribution < 1.29 is 19.0 Å². The van der Waals surface area contributed by atoms with Gasteiger partial charge in [-0.25, -0.2) is 4.39 Å². The van der Waals surface area contributed by atoms with Crippen molar-refractivity contribution in [2.75, 3.05) is 0 Å². The summed E-state index contributed by atoms with van der Waals surface area (Å²) in [6.07, 6.45) is 0. The van der Waals surface area contributed by atoms with E-state index in [0.29, 0.717) is 22.0 Å². The summed E-state index contributed by atoms with van der Waals surface area (Å²) in [6, 6.07) is 3.80. The highest BCUT2D eigenvalue weighted by Gasteiger charge is 2.41. The summed E-state index contributed by atoms with van der Waals surface area (Å²) in [5.41, 5.74) is 4.47. The number of benzene rings is 2. The molecule has 0 aliphatic heterocycles. The molecule has 0 fully saturated rings.